The highest BCUT2D eigenvalue weighted by molar-refractivity contribution is 5.96. The Morgan fingerprint density at radius 1 is 0.964 bits per heavy atom. The van der Waals surface area contributed by atoms with Crippen LogP contribution in [0.25, 0.3) is 11.0 Å². The number of nitrogens with one attached hydrogen (secondary N) is 2. The van der Waals surface area contributed by atoms with Gasteiger partial charge >= 0.3 is 0 Å². The molecule has 1 aromatic heterocycles. The normalized spacial score (nSPS) is 14.9. The molecule has 7 heteroatoms. The fourth-order valence-corrected chi connectivity index (χ4v) is 3.41. The SMILES string of the molecule is O=C(NCC(=O)N1CCN(Cc2nc3ccccc3[nH]2)CC1)c1ccccc1. The second-order valence-corrected chi connectivity index (χ2v) is 6.91. The van der Waals surface area contributed by atoms with E-state index in [2.05, 4.69) is 20.2 Å². The van der Waals surface area contributed by atoms with Gasteiger partial charge in [0.2, 0.25) is 5.91 Å². The lowest BCUT2D eigenvalue weighted by Crippen LogP contribution is -2.50. The summed E-state index contributed by atoms with van der Waals surface area (Å²) >= 11 is 0. The minimum absolute atomic E-state index is 0.0251. The number of aromatic nitrogens is 2. The molecule has 1 fully saturated rings. The van der Waals surface area contributed by atoms with Crippen LogP contribution in [0.1, 0.15) is 16.2 Å². The van der Waals surface area contributed by atoms with Gasteiger partial charge in [-0.25, -0.2) is 4.98 Å². The van der Waals surface area contributed by atoms with Crippen molar-refractivity contribution in [3.63, 3.8) is 0 Å². The quantitative estimate of drug-likeness (QED) is 0.708. The molecule has 1 saturated heterocycles. The number of amides is 2. The molecule has 1 aliphatic rings. The van der Waals surface area contributed by atoms with E-state index in [1.165, 1.54) is 0 Å². The Morgan fingerprint density at radius 3 is 2.43 bits per heavy atom. The fourth-order valence-electron chi connectivity index (χ4n) is 3.41. The summed E-state index contributed by atoms with van der Waals surface area (Å²) in [6.07, 6.45) is 0. The predicted molar refractivity (Wildman–Crippen MR) is 107 cm³/mol. The monoisotopic (exact) mass is 377 g/mol. The van der Waals surface area contributed by atoms with Gasteiger partial charge in [0.15, 0.2) is 0 Å². The van der Waals surface area contributed by atoms with E-state index in [1.807, 2.05) is 30.3 Å². The van der Waals surface area contributed by atoms with Crippen LogP contribution < -0.4 is 5.32 Å². The number of fused-ring (bicyclic) bond motifs is 1. The van der Waals surface area contributed by atoms with Crippen LogP contribution in [-0.4, -0.2) is 64.3 Å². The Bertz CT molecular complexity index is 928. The minimum atomic E-state index is -0.225. The van der Waals surface area contributed by atoms with Crippen molar-refractivity contribution < 1.29 is 9.59 Å². The smallest absolute Gasteiger partial charge is 0.251 e. The summed E-state index contributed by atoms with van der Waals surface area (Å²) in [5.41, 5.74) is 2.58. The Labute approximate surface area is 163 Å². The van der Waals surface area contributed by atoms with E-state index in [0.29, 0.717) is 18.7 Å². The van der Waals surface area contributed by atoms with Crippen molar-refractivity contribution in [3.05, 3.63) is 66.0 Å². The lowest BCUT2D eigenvalue weighted by molar-refractivity contribution is -0.131. The van der Waals surface area contributed by atoms with Crippen molar-refractivity contribution >= 4 is 22.8 Å². The molecule has 7 nitrogen and oxygen atoms in total. The molecule has 28 heavy (non-hydrogen) atoms. The van der Waals surface area contributed by atoms with Gasteiger partial charge in [-0.2, -0.15) is 0 Å². The molecule has 0 radical (unpaired) electrons. The molecular formula is C21H23N5O2. The van der Waals surface area contributed by atoms with Gasteiger partial charge in [0.25, 0.3) is 5.91 Å². The minimum Gasteiger partial charge on any atom is -0.343 e. The molecule has 0 atom stereocenters. The molecule has 0 spiro atoms. The van der Waals surface area contributed by atoms with Crippen molar-refractivity contribution in [1.82, 2.24) is 25.1 Å². The topological polar surface area (TPSA) is 81.3 Å². The number of benzene rings is 2. The zero-order chi connectivity index (χ0) is 19.3. The maximum Gasteiger partial charge on any atom is 0.251 e. The highest BCUT2D eigenvalue weighted by atomic mass is 16.2. The molecule has 2 heterocycles. The van der Waals surface area contributed by atoms with Crippen molar-refractivity contribution in [1.29, 1.82) is 0 Å². The number of H-pyrrole nitrogens is 1. The van der Waals surface area contributed by atoms with Gasteiger partial charge in [-0.3, -0.25) is 14.5 Å². The standard InChI is InChI=1S/C21H23N5O2/c27-20(14-22-21(28)16-6-2-1-3-7-16)26-12-10-25(11-13-26)15-19-23-17-8-4-5-9-18(17)24-19/h1-9H,10-15H2,(H,22,28)(H,23,24). The lowest BCUT2D eigenvalue weighted by Gasteiger charge is -2.34. The van der Waals surface area contributed by atoms with Gasteiger partial charge in [-0.05, 0) is 24.3 Å². The summed E-state index contributed by atoms with van der Waals surface area (Å²) < 4.78 is 0. The molecule has 1 aliphatic heterocycles. The first-order valence-electron chi connectivity index (χ1n) is 9.46. The third-order valence-corrected chi connectivity index (χ3v) is 4.97. The largest absolute Gasteiger partial charge is 0.343 e. The Hall–Kier alpha value is -3.19. The first-order chi connectivity index (χ1) is 13.7. The molecule has 2 N–H and O–H groups in total. The van der Waals surface area contributed by atoms with Crippen LogP contribution in [0.3, 0.4) is 0 Å². The third kappa shape index (κ3) is 4.20. The molecule has 2 aromatic carbocycles. The summed E-state index contributed by atoms with van der Waals surface area (Å²) in [5, 5.41) is 2.70. The second-order valence-electron chi connectivity index (χ2n) is 6.91. The molecule has 0 bridgehead atoms. The third-order valence-electron chi connectivity index (χ3n) is 4.97. The van der Waals surface area contributed by atoms with Gasteiger partial charge < -0.3 is 15.2 Å². The van der Waals surface area contributed by atoms with E-state index in [1.54, 1.807) is 29.2 Å². The van der Waals surface area contributed by atoms with Crippen LogP contribution in [-0.2, 0) is 11.3 Å². The number of rotatable bonds is 5. The van der Waals surface area contributed by atoms with Crippen LogP contribution in [0, 0.1) is 0 Å². The molecule has 144 valence electrons. The summed E-state index contributed by atoms with van der Waals surface area (Å²) in [5.74, 6) is 0.668. The first-order valence-corrected chi connectivity index (χ1v) is 9.46. The van der Waals surface area contributed by atoms with E-state index >= 15 is 0 Å². The highest BCUT2D eigenvalue weighted by Gasteiger charge is 2.22. The number of hydrogen-bond donors (Lipinski definition) is 2. The maximum absolute atomic E-state index is 12.4. The summed E-state index contributed by atoms with van der Waals surface area (Å²) in [6.45, 7) is 3.64. The van der Waals surface area contributed by atoms with Gasteiger partial charge in [-0.1, -0.05) is 30.3 Å². The molecule has 3 aromatic rings. The number of aromatic amines is 1. The first kappa shape index (κ1) is 18.2. The number of nitrogens with zero attached hydrogens (tertiary/aromatic N) is 3. The van der Waals surface area contributed by atoms with Crippen molar-refractivity contribution in [2.75, 3.05) is 32.7 Å². The summed E-state index contributed by atoms with van der Waals surface area (Å²) in [4.78, 5) is 36.5. The molecule has 0 unspecified atom stereocenters. The van der Waals surface area contributed by atoms with Crippen LogP contribution >= 0.6 is 0 Å². The van der Waals surface area contributed by atoms with Crippen molar-refractivity contribution in [3.8, 4) is 0 Å². The summed E-state index contributed by atoms with van der Waals surface area (Å²) in [6, 6.07) is 16.9. The van der Waals surface area contributed by atoms with Gasteiger partial charge in [-0.15, -0.1) is 0 Å². The number of para-hydroxylation sites is 2. The van der Waals surface area contributed by atoms with Crippen LogP contribution in [0.5, 0.6) is 0 Å². The van der Waals surface area contributed by atoms with E-state index in [0.717, 1.165) is 36.5 Å². The van der Waals surface area contributed by atoms with Crippen LogP contribution in [0.15, 0.2) is 54.6 Å². The Kier molecular flexibility index (Phi) is 5.34. The van der Waals surface area contributed by atoms with Gasteiger partial charge in [0.1, 0.15) is 5.82 Å². The van der Waals surface area contributed by atoms with Crippen molar-refractivity contribution in [2.45, 2.75) is 6.54 Å². The van der Waals surface area contributed by atoms with Crippen LogP contribution in [0.2, 0.25) is 0 Å². The van der Waals surface area contributed by atoms with Crippen LogP contribution in [0.4, 0.5) is 0 Å². The predicted octanol–water partition coefficient (Wildman–Crippen LogP) is 1.64. The number of piperazine rings is 1. The molecule has 0 saturated carbocycles. The van der Waals surface area contributed by atoms with Gasteiger partial charge in [0, 0.05) is 31.7 Å². The molecule has 4 rings (SSSR count). The number of imidazole rings is 1. The van der Waals surface area contributed by atoms with E-state index < -0.39 is 0 Å². The number of carbonyl (C=O) groups is 2. The average molecular weight is 377 g/mol. The lowest BCUT2D eigenvalue weighted by atomic mass is 10.2. The van der Waals surface area contributed by atoms with Crippen molar-refractivity contribution in [2.24, 2.45) is 0 Å². The maximum atomic E-state index is 12.4. The Morgan fingerprint density at radius 2 is 1.68 bits per heavy atom. The van der Waals surface area contributed by atoms with E-state index in [-0.39, 0.29) is 18.4 Å². The Balaban J connectivity index is 1.24. The molecule has 0 aliphatic carbocycles. The molecule has 2 amide bonds. The zero-order valence-corrected chi connectivity index (χ0v) is 15.6. The molecular weight excluding hydrogens is 354 g/mol. The summed E-state index contributed by atoms with van der Waals surface area (Å²) in [7, 11) is 0. The second kappa shape index (κ2) is 8.22. The zero-order valence-electron chi connectivity index (χ0n) is 15.6. The highest BCUT2D eigenvalue weighted by Crippen LogP contribution is 2.13. The van der Waals surface area contributed by atoms with E-state index in [9.17, 15) is 9.59 Å². The fraction of sp³-hybridized carbons (Fsp3) is 0.286. The number of carbonyl (C=O) groups excluding carboxylic acids is 2. The number of hydrogen-bond acceptors (Lipinski definition) is 4. The van der Waals surface area contributed by atoms with Gasteiger partial charge in [0.05, 0.1) is 24.1 Å². The average Bonchev–Trinajstić information content (AvgIpc) is 3.15. The van der Waals surface area contributed by atoms with E-state index in [4.69, 9.17) is 0 Å².